The SMILES string of the molecule is CC(=O)[C@H]1NCC2(CC2)C[C@@H]1C(=O)OC(C)(C)C. The van der Waals surface area contributed by atoms with Crippen molar-refractivity contribution >= 4 is 11.8 Å². The predicted molar refractivity (Wildman–Crippen MR) is 68.1 cm³/mol. The molecule has 0 aromatic heterocycles. The summed E-state index contributed by atoms with van der Waals surface area (Å²) >= 11 is 0. The van der Waals surface area contributed by atoms with Gasteiger partial charge in [-0.25, -0.2) is 0 Å². The zero-order valence-corrected chi connectivity index (χ0v) is 11.7. The van der Waals surface area contributed by atoms with Crippen LogP contribution in [-0.2, 0) is 14.3 Å². The van der Waals surface area contributed by atoms with E-state index in [1.165, 1.54) is 0 Å². The van der Waals surface area contributed by atoms with Crippen molar-refractivity contribution < 1.29 is 14.3 Å². The summed E-state index contributed by atoms with van der Waals surface area (Å²) in [7, 11) is 0. The fourth-order valence-electron chi connectivity index (χ4n) is 2.71. The van der Waals surface area contributed by atoms with Gasteiger partial charge in [-0.15, -0.1) is 0 Å². The average molecular weight is 253 g/mol. The van der Waals surface area contributed by atoms with Gasteiger partial charge >= 0.3 is 5.97 Å². The van der Waals surface area contributed by atoms with E-state index in [-0.39, 0.29) is 29.1 Å². The van der Waals surface area contributed by atoms with E-state index in [0.29, 0.717) is 0 Å². The van der Waals surface area contributed by atoms with Crippen molar-refractivity contribution in [2.24, 2.45) is 11.3 Å². The number of hydrogen-bond donors (Lipinski definition) is 1. The third-order valence-corrected chi connectivity index (χ3v) is 3.86. The van der Waals surface area contributed by atoms with Gasteiger partial charge in [0.2, 0.25) is 0 Å². The smallest absolute Gasteiger partial charge is 0.311 e. The number of ether oxygens (including phenoxy) is 1. The van der Waals surface area contributed by atoms with Crippen LogP contribution in [0, 0.1) is 11.3 Å². The Morgan fingerprint density at radius 1 is 1.28 bits per heavy atom. The van der Waals surface area contributed by atoms with E-state index >= 15 is 0 Å². The lowest BCUT2D eigenvalue weighted by molar-refractivity contribution is -0.164. The number of esters is 1. The number of ketones is 1. The van der Waals surface area contributed by atoms with Gasteiger partial charge in [0.05, 0.1) is 12.0 Å². The summed E-state index contributed by atoms with van der Waals surface area (Å²) < 4.78 is 5.45. The lowest BCUT2D eigenvalue weighted by Crippen LogP contribution is -2.53. The normalized spacial score (nSPS) is 30.0. The molecular weight excluding hydrogens is 230 g/mol. The molecule has 1 aliphatic heterocycles. The first-order valence-electron chi connectivity index (χ1n) is 6.69. The Balaban J connectivity index is 2.09. The minimum Gasteiger partial charge on any atom is -0.460 e. The van der Waals surface area contributed by atoms with Gasteiger partial charge in [-0.05, 0) is 52.4 Å². The van der Waals surface area contributed by atoms with Crippen molar-refractivity contribution in [3.05, 3.63) is 0 Å². The van der Waals surface area contributed by atoms with Crippen molar-refractivity contribution in [3.8, 4) is 0 Å². The molecule has 2 fully saturated rings. The van der Waals surface area contributed by atoms with Crippen molar-refractivity contribution in [2.45, 2.75) is 58.6 Å². The second kappa shape index (κ2) is 4.34. The first-order valence-corrected chi connectivity index (χ1v) is 6.69. The molecule has 1 saturated carbocycles. The molecule has 1 N–H and O–H groups in total. The minimum atomic E-state index is -0.493. The second-order valence-corrected chi connectivity index (χ2v) is 6.81. The summed E-state index contributed by atoms with van der Waals surface area (Å²) in [6, 6.07) is -0.369. The van der Waals surface area contributed by atoms with Crippen molar-refractivity contribution in [2.75, 3.05) is 6.54 Å². The van der Waals surface area contributed by atoms with Crippen LogP contribution in [-0.4, -0.2) is 29.9 Å². The Morgan fingerprint density at radius 2 is 1.89 bits per heavy atom. The molecule has 1 saturated heterocycles. The fraction of sp³-hybridized carbons (Fsp3) is 0.857. The Kier molecular flexibility index (Phi) is 3.26. The summed E-state index contributed by atoms with van der Waals surface area (Å²) in [4.78, 5) is 23.9. The monoisotopic (exact) mass is 253 g/mol. The Bertz CT molecular complexity index is 366. The highest BCUT2D eigenvalue weighted by atomic mass is 16.6. The molecule has 0 aromatic rings. The molecule has 102 valence electrons. The van der Waals surface area contributed by atoms with Crippen molar-refractivity contribution in [3.63, 3.8) is 0 Å². The molecule has 2 aliphatic rings. The quantitative estimate of drug-likeness (QED) is 0.761. The van der Waals surface area contributed by atoms with E-state index in [9.17, 15) is 9.59 Å². The predicted octanol–water partition coefficient (Wildman–Crippen LogP) is 1.68. The van der Waals surface area contributed by atoms with Crippen LogP contribution in [0.5, 0.6) is 0 Å². The van der Waals surface area contributed by atoms with Gasteiger partial charge in [-0.2, -0.15) is 0 Å². The molecule has 18 heavy (non-hydrogen) atoms. The Morgan fingerprint density at radius 3 is 2.33 bits per heavy atom. The molecule has 2 atom stereocenters. The number of Topliss-reactive ketones (excluding diaryl/α,β-unsaturated/α-hetero) is 1. The number of nitrogens with one attached hydrogen (secondary N) is 1. The third-order valence-electron chi connectivity index (χ3n) is 3.86. The molecule has 0 aromatic carbocycles. The number of hydrogen-bond acceptors (Lipinski definition) is 4. The summed E-state index contributed by atoms with van der Waals surface area (Å²) in [5.41, 5.74) is -0.236. The highest BCUT2D eigenvalue weighted by molar-refractivity contribution is 5.88. The summed E-state index contributed by atoms with van der Waals surface area (Å²) in [5.74, 6) is -0.527. The third kappa shape index (κ3) is 2.91. The molecule has 1 spiro atoms. The Hall–Kier alpha value is -0.900. The number of carbonyl (C=O) groups excluding carboxylic acids is 2. The zero-order valence-electron chi connectivity index (χ0n) is 11.7. The van der Waals surface area contributed by atoms with Crippen LogP contribution in [0.15, 0.2) is 0 Å². The molecule has 1 aliphatic carbocycles. The van der Waals surface area contributed by atoms with Crippen LogP contribution in [0.1, 0.15) is 47.0 Å². The van der Waals surface area contributed by atoms with E-state index in [2.05, 4.69) is 5.32 Å². The van der Waals surface area contributed by atoms with Gasteiger partial charge in [-0.3, -0.25) is 9.59 Å². The molecule has 4 nitrogen and oxygen atoms in total. The zero-order chi connectivity index (χ0) is 13.6. The van der Waals surface area contributed by atoms with Gasteiger partial charge in [0.15, 0.2) is 0 Å². The first-order chi connectivity index (χ1) is 8.22. The maximum atomic E-state index is 12.2. The van der Waals surface area contributed by atoms with Crippen LogP contribution >= 0.6 is 0 Å². The topological polar surface area (TPSA) is 55.4 Å². The van der Waals surface area contributed by atoms with E-state index in [1.54, 1.807) is 6.92 Å². The van der Waals surface area contributed by atoms with Crippen molar-refractivity contribution in [1.82, 2.24) is 5.32 Å². The van der Waals surface area contributed by atoms with Crippen LogP contribution in [0.3, 0.4) is 0 Å². The molecule has 1 heterocycles. The van der Waals surface area contributed by atoms with Gasteiger partial charge in [0.1, 0.15) is 11.4 Å². The van der Waals surface area contributed by atoms with E-state index in [0.717, 1.165) is 25.8 Å². The van der Waals surface area contributed by atoms with Gasteiger partial charge in [0.25, 0.3) is 0 Å². The first kappa shape index (κ1) is 13.5. The van der Waals surface area contributed by atoms with Crippen LogP contribution < -0.4 is 5.32 Å². The maximum absolute atomic E-state index is 12.2. The summed E-state index contributed by atoms with van der Waals surface area (Å²) in [5, 5.41) is 3.24. The van der Waals surface area contributed by atoms with E-state index in [1.807, 2.05) is 20.8 Å². The molecule has 4 heteroatoms. The van der Waals surface area contributed by atoms with Crippen LogP contribution in [0.4, 0.5) is 0 Å². The largest absolute Gasteiger partial charge is 0.460 e. The van der Waals surface area contributed by atoms with Gasteiger partial charge in [0, 0.05) is 6.54 Å². The number of piperidine rings is 1. The van der Waals surface area contributed by atoms with E-state index < -0.39 is 5.60 Å². The maximum Gasteiger partial charge on any atom is 0.311 e. The van der Waals surface area contributed by atoms with Crippen molar-refractivity contribution in [1.29, 1.82) is 0 Å². The molecular formula is C14H23NO3. The fourth-order valence-corrected chi connectivity index (χ4v) is 2.71. The van der Waals surface area contributed by atoms with Gasteiger partial charge < -0.3 is 10.1 Å². The van der Waals surface area contributed by atoms with Gasteiger partial charge in [-0.1, -0.05) is 0 Å². The average Bonchev–Trinajstić information content (AvgIpc) is 2.94. The lowest BCUT2D eigenvalue weighted by Gasteiger charge is -2.36. The highest BCUT2D eigenvalue weighted by Crippen LogP contribution is 2.52. The molecule has 0 unspecified atom stereocenters. The highest BCUT2D eigenvalue weighted by Gasteiger charge is 2.52. The summed E-state index contributed by atoms with van der Waals surface area (Å²) in [6.07, 6.45) is 3.10. The standard InChI is InChI=1S/C14H23NO3/c1-9(16)11-10(12(17)18-13(2,3)4)7-14(5-6-14)8-15-11/h10-11,15H,5-8H2,1-4H3/t10-,11+/m0/s1. The molecule has 2 rings (SSSR count). The van der Waals surface area contributed by atoms with Crippen LogP contribution in [0.2, 0.25) is 0 Å². The minimum absolute atomic E-state index is 0.0290. The Labute approximate surface area is 108 Å². The second-order valence-electron chi connectivity index (χ2n) is 6.81. The molecule has 0 radical (unpaired) electrons. The lowest BCUT2D eigenvalue weighted by atomic mass is 9.81. The number of rotatable bonds is 2. The van der Waals surface area contributed by atoms with E-state index in [4.69, 9.17) is 4.74 Å². The van der Waals surface area contributed by atoms with Crippen LogP contribution in [0.25, 0.3) is 0 Å². The molecule has 0 amide bonds. The number of carbonyl (C=O) groups is 2. The summed E-state index contributed by atoms with van der Waals surface area (Å²) in [6.45, 7) is 7.97. The molecule has 0 bridgehead atoms.